The van der Waals surface area contributed by atoms with Gasteiger partial charge in [-0.15, -0.1) is 0 Å². The number of ether oxygens (including phenoxy) is 1. The van der Waals surface area contributed by atoms with Crippen molar-refractivity contribution in [2.45, 2.75) is 52.2 Å². The van der Waals surface area contributed by atoms with E-state index in [9.17, 15) is 9.90 Å². The number of likely N-dealkylation sites (tertiary alicyclic amines) is 1. The third kappa shape index (κ3) is 3.37. The predicted octanol–water partition coefficient (Wildman–Crippen LogP) is 2.01. The highest BCUT2D eigenvalue weighted by atomic mass is 16.6. The summed E-state index contributed by atoms with van der Waals surface area (Å²) in [4.78, 5) is 13.6. The maximum absolute atomic E-state index is 11.9. The van der Waals surface area contributed by atoms with Crippen LogP contribution in [0.4, 0.5) is 4.79 Å². The first-order valence-electron chi connectivity index (χ1n) is 5.95. The van der Waals surface area contributed by atoms with Gasteiger partial charge in [0.25, 0.3) is 0 Å². The number of aliphatic hydroxyl groups excluding tert-OH is 1. The number of hydrogen-bond acceptors (Lipinski definition) is 3. The second kappa shape index (κ2) is 5.04. The molecule has 1 aliphatic heterocycles. The Bertz CT molecular complexity index is 247. The molecule has 1 amide bonds. The van der Waals surface area contributed by atoms with Crippen LogP contribution in [0.5, 0.6) is 0 Å². The highest BCUT2D eigenvalue weighted by molar-refractivity contribution is 5.68. The van der Waals surface area contributed by atoms with Crippen molar-refractivity contribution in [3.8, 4) is 0 Å². The molecule has 0 aliphatic carbocycles. The maximum Gasteiger partial charge on any atom is 0.410 e. The summed E-state index contributed by atoms with van der Waals surface area (Å²) in [7, 11) is 0. The summed E-state index contributed by atoms with van der Waals surface area (Å²) in [5, 5.41) is 9.21. The Labute approximate surface area is 97.6 Å². The topological polar surface area (TPSA) is 49.8 Å². The van der Waals surface area contributed by atoms with Gasteiger partial charge in [-0.3, -0.25) is 0 Å². The third-order valence-corrected chi connectivity index (χ3v) is 3.01. The third-order valence-electron chi connectivity index (χ3n) is 3.01. The van der Waals surface area contributed by atoms with E-state index in [2.05, 4.69) is 0 Å². The summed E-state index contributed by atoms with van der Waals surface area (Å²) in [6.07, 6.45) is 1.66. The van der Waals surface area contributed by atoms with E-state index in [1.807, 2.05) is 27.7 Å². The molecule has 0 saturated carbocycles. The first kappa shape index (κ1) is 13.3. The molecule has 0 aromatic heterocycles. The average Bonchev–Trinajstić information content (AvgIpc) is 2.15. The molecule has 4 heteroatoms. The van der Waals surface area contributed by atoms with Crippen LogP contribution >= 0.6 is 0 Å². The monoisotopic (exact) mass is 229 g/mol. The lowest BCUT2D eigenvalue weighted by Crippen LogP contribution is -2.49. The molecule has 94 valence electrons. The number of piperidine rings is 1. The number of carbonyl (C=O) groups excluding carboxylic acids is 1. The smallest absolute Gasteiger partial charge is 0.410 e. The first-order valence-corrected chi connectivity index (χ1v) is 5.95. The van der Waals surface area contributed by atoms with E-state index < -0.39 is 5.60 Å². The van der Waals surface area contributed by atoms with Crippen molar-refractivity contribution in [2.75, 3.05) is 13.2 Å². The zero-order chi connectivity index (χ0) is 12.3. The van der Waals surface area contributed by atoms with E-state index in [4.69, 9.17) is 4.74 Å². The van der Waals surface area contributed by atoms with Crippen LogP contribution in [0.3, 0.4) is 0 Å². The van der Waals surface area contributed by atoms with Gasteiger partial charge in [0, 0.05) is 25.1 Å². The van der Waals surface area contributed by atoms with E-state index in [1.165, 1.54) is 0 Å². The lowest BCUT2D eigenvalue weighted by molar-refractivity contribution is -0.00285. The fraction of sp³-hybridized carbons (Fsp3) is 0.917. The fourth-order valence-electron chi connectivity index (χ4n) is 2.05. The van der Waals surface area contributed by atoms with Crippen LogP contribution in [0, 0.1) is 5.92 Å². The number of nitrogens with zero attached hydrogens (tertiary/aromatic N) is 1. The van der Waals surface area contributed by atoms with Crippen molar-refractivity contribution in [1.82, 2.24) is 4.90 Å². The minimum absolute atomic E-state index is 0.0635. The molecule has 2 unspecified atom stereocenters. The molecule has 1 aliphatic rings. The summed E-state index contributed by atoms with van der Waals surface area (Å²) >= 11 is 0. The number of rotatable bonds is 1. The second-order valence-electron chi connectivity index (χ2n) is 5.50. The fourth-order valence-corrected chi connectivity index (χ4v) is 2.05. The van der Waals surface area contributed by atoms with Crippen molar-refractivity contribution in [2.24, 2.45) is 5.92 Å². The molecule has 4 nitrogen and oxygen atoms in total. The van der Waals surface area contributed by atoms with Gasteiger partial charge in [0.2, 0.25) is 0 Å². The number of carbonyl (C=O) groups is 1. The zero-order valence-corrected chi connectivity index (χ0v) is 10.7. The molecule has 1 fully saturated rings. The normalized spacial score (nSPS) is 26.7. The maximum atomic E-state index is 11.9. The Morgan fingerprint density at radius 2 is 2.12 bits per heavy atom. The molecule has 1 rings (SSSR count). The minimum atomic E-state index is -0.455. The van der Waals surface area contributed by atoms with Crippen molar-refractivity contribution in [3.05, 3.63) is 0 Å². The molecular formula is C12H23NO3. The molecule has 1 heterocycles. The van der Waals surface area contributed by atoms with Gasteiger partial charge in [-0.25, -0.2) is 4.79 Å². The summed E-state index contributed by atoms with van der Waals surface area (Å²) in [5.74, 6) is 0.182. The molecule has 1 N–H and O–H groups in total. The van der Waals surface area contributed by atoms with Gasteiger partial charge in [0.05, 0.1) is 0 Å². The standard InChI is InChI=1S/C12H23NO3/c1-9-10(8-14)6-5-7-13(9)11(15)16-12(2,3)4/h9-10,14H,5-8H2,1-4H3. The van der Waals surface area contributed by atoms with Crippen LogP contribution in [-0.2, 0) is 4.74 Å². The Morgan fingerprint density at radius 3 is 2.62 bits per heavy atom. The summed E-state index contributed by atoms with van der Waals surface area (Å²) in [6.45, 7) is 8.44. The minimum Gasteiger partial charge on any atom is -0.444 e. The second-order valence-corrected chi connectivity index (χ2v) is 5.50. The molecule has 0 aromatic rings. The molecule has 0 aromatic carbocycles. The van der Waals surface area contributed by atoms with Gasteiger partial charge in [-0.05, 0) is 40.5 Å². The summed E-state index contributed by atoms with van der Waals surface area (Å²) in [6, 6.07) is 0.0635. The molecule has 2 atom stereocenters. The van der Waals surface area contributed by atoms with E-state index in [0.717, 1.165) is 19.4 Å². The SMILES string of the molecule is CC1C(CO)CCCN1C(=O)OC(C)(C)C. The Morgan fingerprint density at radius 1 is 1.50 bits per heavy atom. The highest BCUT2D eigenvalue weighted by Gasteiger charge is 2.33. The molecule has 0 radical (unpaired) electrons. The van der Waals surface area contributed by atoms with Crippen molar-refractivity contribution in [1.29, 1.82) is 0 Å². The van der Waals surface area contributed by atoms with Gasteiger partial charge in [-0.2, -0.15) is 0 Å². The average molecular weight is 229 g/mol. The lowest BCUT2D eigenvalue weighted by Gasteiger charge is -2.39. The van der Waals surface area contributed by atoms with Gasteiger partial charge in [0.1, 0.15) is 5.60 Å². The predicted molar refractivity (Wildman–Crippen MR) is 62.2 cm³/mol. The van der Waals surface area contributed by atoms with Gasteiger partial charge in [0.15, 0.2) is 0 Å². The van der Waals surface area contributed by atoms with E-state index in [-0.39, 0.29) is 24.7 Å². The van der Waals surface area contributed by atoms with Crippen LogP contribution < -0.4 is 0 Å². The number of amides is 1. The van der Waals surface area contributed by atoms with E-state index in [0.29, 0.717) is 0 Å². The van der Waals surface area contributed by atoms with Gasteiger partial charge in [-0.1, -0.05) is 0 Å². The quantitative estimate of drug-likeness (QED) is 0.748. The van der Waals surface area contributed by atoms with Gasteiger partial charge < -0.3 is 14.7 Å². The zero-order valence-electron chi connectivity index (χ0n) is 10.7. The van der Waals surface area contributed by atoms with E-state index in [1.54, 1.807) is 4.90 Å². The first-order chi connectivity index (χ1) is 7.35. The van der Waals surface area contributed by atoms with Gasteiger partial charge >= 0.3 is 6.09 Å². The molecule has 0 bridgehead atoms. The summed E-state index contributed by atoms with van der Waals surface area (Å²) in [5.41, 5.74) is -0.455. The molecular weight excluding hydrogens is 206 g/mol. The highest BCUT2D eigenvalue weighted by Crippen LogP contribution is 2.24. The van der Waals surface area contributed by atoms with Crippen LogP contribution in [0.25, 0.3) is 0 Å². The summed E-state index contributed by atoms with van der Waals surface area (Å²) < 4.78 is 5.35. The van der Waals surface area contributed by atoms with Crippen LogP contribution in [0.1, 0.15) is 40.5 Å². The molecule has 1 saturated heterocycles. The largest absolute Gasteiger partial charge is 0.444 e. The lowest BCUT2D eigenvalue weighted by atomic mass is 9.91. The van der Waals surface area contributed by atoms with Crippen LogP contribution in [-0.4, -0.2) is 40.9 Å². The Kier molecular flexibility index (Phi) is 4.19. The number of aliphatic hydroxyl groups is 1. The molecule has 0 spiro atoms. The van der Waals surface area contributed by atoms with Crippen LogP contribution in [0.2, 0.25) is 0 Å². The van der Waals surface area contributed by atoms with Crippen molar-refractivity contribution >= 4 is 6.09 Å². The van der Waals surface area contributed by atoms with E-state index >= 15 is 0 Å². The Balaban J connectivity index is 2.61. The van der Waals surface area contributed by atoms with Crippen molar-refractivity contribution < 1.29 is 14.6 Å². The Hall–Kier alpha value is -0.770. The van der Waals surface area contributed by atoms with Crippen molar-refractivity contribution in [3.63, 3.8) is 0 Å². The van der Waals surface area contributed by atoms with Crippen LogP contribution in [0.15, 0.2) is 0 Å². The molecule has 16 heavy (non-hydrogen) atoms. The number of hydrogen-bond donors (Lipinski definition) is 1.